The van der Waals surface area contributed by atoms with E-state index in [1.165, 1.54) is 0 Å². The largest absolute Gasteiger partial charge is 0.492 e. The summed E-state index contributed by atoms with van der Waals surface area (Å²) in [6, 6.07) is 11.6. The third-order valence-electron chi connectivity index (χ3n) is 3.20. The van der Waals surface area contributed by atoms with Crippen molar-refractivity contribution >= 4 is 31.5 Å². The van der Waals surface area contributed by atoms with Crippen LogP contribution in [0, 0.1) is 6.92 Å². The van der Waals surface area contributed by atoms with Gasteiger partial charge >= 0.3 is 0 Å². The molecule has 2 nitrogen and oxygen atoms in total. The van der Waals surface area contributed by atoms with Crippen molar-refractivity contribution in [1.82, 2.24) is 0 Å². The number of hydrogen-bond acceptors (Lipinski definition) is 3. The highest BCUT2D eigenvalue weighted by Gasteiger charge is 2.11. The molecule has 0 amide bonds. The third kappa shape index (κ3) is 1.90. The zero-order valence-corrected chi connectivity index (χ0v) is 11.7. The average Bonchev–Trinajstić information content (AvgIpc) is 2.42. The summed E-state index contributed by atoms with van der Waals surface area (Å²) < 4.78 is 7.61. The second kappa shape index (κ2) is 4.67. The van der Waals surface area contributed by atoms with Crippen molar-refractivity contribution in [2.75, 3.05) is 6.61 Å². The predicted molar refractivity (Wildman–Crippen MR) is 81.5 cm³/mol. The summed E-state index contributed by atoms with van der Waals surface area (Å²) in [7, 11) is 0. The van der Waals surface area contributed by atoms with Crippen molar-refractivity contribution in [3.05, 3.63) is 52.2 Å². The molecule has 1 heterocycles. The van der Waals surface area contributed by atoms with Gasteiger partial charge in [-0.05, 0) is 37.6 Å². The Morgan fingerprint density at radius 2 is 1.95 bits per heavy atom. The Kier molecular flexibility index (Phi) is 2.99. The fraction of sp³-hybridized carbons (Fsp3) is 0.188. The predicted octanol–water partition coefficient (Wildman–Crippen LogP) is 4.12. The van der Waals surface area contributed by atoms with E-state index in [1.54, 1.807) is 11.3 Å². The van der Waals surface area contributed by atoms with Gasteiger partial charge in [-0.1, -0.05) is 18.2 Å². The van der Waals surface area contributed by atoms with Gasteiger partial charge in [0.25, 0.3) is 0 Å². The molecule has 0 aliphatic carbocycles. The van der Waals surface area contributed by atoms with Crippen molar-refractivity contribution in [2.45, 2.75) is 13.8 Å². The second-order valence-electron chi connectivity index (χ2n) is 4.45. The maximum absolute atomic E-state index is 12.6. The van der Waals surface area contributed by atoms with Gasteiger partial charge < -0.3 is 4.74 Å². The Bertz CT molecular complexity index is 818. The molecule has 0 radical (unpaired) electrons. The van der Waals surface area contributed by atoms with E-state index in [0.29, 0.717) is 6.61 Å². The summed E-state index contributed by atoms with van der Waals surface area (Å²) in [6.07, 6.45) is 0. The molecule has 3 aromatic rings. The molecular weight excluding hydrogens is 256 g/mol. The zero-order chi connectivity index (χ0) is 13.4. The Hall–Kier alpha value is -1.87. The molecule has 0 fully saturated rings. The van der Waals surface area contributed by atoms with Crippen LogP contribution in [0.4, 0.5) is 0 Å². The van der Waals surface area contributed by atoms with Crippen LogP contribution in [0.3, 0.4) is 0 Å². The monoisotopic (exact) mass is 270 g/mol. The SMILES string of the molecule is CCOc1ccc(C)c2c(=O)c3ccccc3sc12. The first kappa shape index (κ1) is 12.2. The Balaban J connectivity index is 2.53. The van der Waals surface area contributed by atoms with Crippen LogP contribution < -0.4 is 10.2 Å². The van der Waals surface area contributed by atoms with E-state index in [9.17, 15) is 4.79 Å². The van der Waals surface area contributed by atoms with Gasteiger partial charge in [0.1, 0.15) is 5.75 Å². The molecular formula is C16H14O2S. The highest BCUT2D eigenvalue weighted by Crippen LogP contribution is 2.33. The molecule has 1 aromatic heterocycles. The summed E-state index contributed by atoms with van der Waals surface area (Å²) in [6.45, 7) is 4.53. The fourth-order valence-electron chi connectivity index (χ4n) is 2.30. The highest BCUT2D eigenvalue weighted by atomic mass is 32.1. The summed E-state index contributed by atoms with van der Waals surface area (Å²) in [5.41, 5.74) is 1.11. The molecule has 0 aliphatic heterocycles. The molecule has 3 rings (SSSR count). The first-order chi connectivity index (χ1) is 9.22. The minimum atomic E-state index is 0.100. The molecule has 0 aliphatic rings. The summed E-state index contributed by atoms with van der Waals surface area (Å²) >= 11 is 1.62. The fourth-order valence-corrected chi connectivity index (χ4v) is 3.52. The maximum atomic E-state index is 12.6. The zero-order valence-electron chi connectivity index (χ0n) is 10.9. The van der Waals surface area contributed by atoms with Gasteiger partial charge in [0.05, 0.1) is 11.3 Å². The van der Waals surface area contributed by atoms with Crippen LogP contribution in [-0.2, 0) is 0 Å². The van der Waals surface area contributed by atoms with Crippen LogP contribution in [0.25, 0.3) is 20.2 Å². The van der Waals surface area contributed by atoms with Crippen molar-refractivity contribution in [1.29, 1.82) is 0 Å². The van der Waals surface area contributed by atoms with Crippen LogP contribution in [0.5, 0.6) is 5.75 Å². The lowest BCUT2D eigenvalue weighted by atomic mass is 10.1. The van der Waals surface area contributed by atoms with Crippen LogP contribution in [-0.4, -0.2) is 6.61 Å². The van der Waals surface area contributed by atoms with E-state index in [2.05, 4.69) is 0 Å². The van der Waals surface area contributed by atoms with Crippen LogP contribution in [0.15, 0.2) is 41.2 Å². The lowest BCUT2D eigenvalue weighted by Gasteiger charge is -2.09. The molecule has 0 unspecified atom stereocenters. The number of aryl methyl sites for hydroxylation is 1. The number of rotatable bonds is 2. The molecule has 2 aromatic carbocycles. The topological polar surface area (TPSA) is 26.3 Å². The highest BCUT2D eigenvalue weighted by molar-refractivity contribution is 7.24. The smallest absolute Gasteiger partial charge is 0.196 e. The maximum Gasteiger partial charge on any atom is 0.196 e. The molecule has 19 heavy (non-hydrogen) atoms. The van der Waals surface area contributed by atoms with E-state index in [4.69, 9.17) is 4.74 Å². The van der Waals surface area contributed by atoms with E-state index >= 15 is 0 Å². The van der Waals surface area contributed by atoms with Gasteiger partial charge in [-0.15, -0.1) is 11.3 Å². The third-order valence-corrected chi connectivity index (χ3v) is 4.39. The van der Waals surface area contributed by atoms with E-state index in [0.717, 1.165) is 31.5 Å². The standard InChI is InChI=1S/C16H14O2S/c1-3-18-12-9-8-10(2)14-15(17)11-6-4-5-7-13(11)19-16(12)14/h4-9H,3H2,1-2H3. The molecule has 3 heteroatoms. The molecule has 0 saturated carbocycles. The van der Waals surface area contributed by atoms with Crippen molar-refractivity contribution in [2.24, 2.45) is 0 Å². The van der Waals surface area contributed by atoms with Gasteiger partial charge in [0.15, 0.2) is 5.43 Å². The van der Waals surface area contributed by atoms with E-state index < -0.39 is 0 Å². The number of fused-ring (bicyclic) bond motifs is 2. The van der Waals surface area contributed by atoms with Gasteiger partial charge in [0, 0.05) is 15.5 Å². The normalized spacial score (nSPS) is 11.1. The minimum Gasteiger partial charge on any atom is -0.492 e. The van der Waals surface area contributed by atoms with Crippen molar-refractivity contribution in [3.8, 4) is 5.75 Å². The summed E-state index contributed by atoms with van der Waals surface area (Å²) in [5, 5.41) is 1.58. The van der Waals surface area contributed by atoms with Crippen LogP contribution >= 0.6 is 11.3 Å². The van der Waals surface area contributed by atoms with Gasteiger partial charge in [-0.25, -0.2) is 0 Å². The first-order valence-electron chi connectivity index (χ1n) is 6.30. The van der Waals surface area contributed by atoms with Crippen LogP contribution in [0.1, 0.15) is 12.5 Å². The number of ether oxygens (including phenoxy) is 1. The van der Waals surface area contributed by atoms with Crippen LogP contribution in [0.2, 0.25) is 0 Å². The molecule has 0 spiro atoms. The quantitative estimate of drug-likeness (QED) is 0.655. The van der Waals surface area contributed by atoms with Crippen molar-refractivity contribution in [3.63, 3.8) is 0 Å². The second-order valence-corrected chi connectivity index (χ2v) is 5.50. The number of hydrogen-bond donors (Lipinski definition) is 0. The Morgan fingerprint density at radius 1 is 1.16 bits per heavy atom. The first-order valence-corrected chi connectivity index (χ1v) is 7.12. The summed E-state index contributed by atoms with van der Waals surface area (Å²) in [5.74, 6) is 0.802. The van der Waals surface area contributed by atoms with Gasteiger partial charge in [-0.3, -0.25) is 4.79 Å². The van der Waals surface area contributed by atoms with Crippen molar-refractivity contribution < 1.29 is 4.74 Å². The van der Waals surface area contributed by atoms with Gasteiger partial charge in [-0.2, -0.15) is 0 Å². The molecule has 0 atom stereocenters. The van der Waals surface area contributed by atoms with E-state index in [-0.39, 0.29) is 5.43 Å². The lowest BCUT2D eigenvalue weighted by Crippen LogP contribution is -2.04. The Labute approximate surface area is 115 Å². The summed E-state index contributed by atoms with van der Waals surface area (Å²) in [4.78, 5) is 12.6. The molecule has 0 bridgehead atoms. The van der Waals surface area contributed by atoms with E-state index in [1.807, 2.05) is 50.2 Å². The lowest BCUT2D eigenvalue weighted by molar-refractivity contribution is 0.345. The molecule has 96 valence electrons. The number of benzene rings is 2. The molecule has 0 saturated heterocycles. The minimum absolute atomic E-state index is 0.100. The van der Waals surface area contributed by atoms with Gasteiger partial charge in [0.2, 0.25) is 0 Å². The average molecular weight is 270 g/mol. The Morgan fingerprint density at radius 3 is 2.74 bits per heavy atom. The molecule has 0 N–H and O–H groups in total.